The second-order valence-electron chi connectivity index (χ2n) is 4.85. The number of rotatable bonds is 3. The van der Waals surface area contributed by atoms with E-state index in [1.54, 1.807) is 18.2 Å². The van der Waals surface area contributed by atoms with Crippen molar-refractivity contribution in [2.45, 2.75) is 27.4 Å². The fourth-order valence-corrected chi connectivity index (χ4v) is 1.35. The molecular formula is C13H19NO3. The second kappa shape index (κ2) is 5.19. The molecule has 0 saturated heterocycles. The quantitative estimate of drug-likeness (QED) is 0.847. The molecule has 94 valence electrons. The lowest BCUT2D eigenvalue weighted by atomic mass is 9.95. The van der Waals surface area contributed by atoms with Crippen LogP contribution in [0.1, 0.15) is 26.3 Å². The third-order valence-electron chi connectivity index (χ3n) is 2.44. The van der Waals surface area contributed by atoms with Crippen LogP contribution < -0.4 is 10.1 Å². The lowest BCUT2D eigenvalue weighted by Gasteiger charge is -2.19. The van der Waals surface area contributed by atoms with Gasteiger partial charge in [0.15, 0.2) is 0 Å². The van der Waals surface area contributed by atoms with Gasteiger partial charge >= 0.3 is 0 Å². The lowest BCUT2D eigenvalue weighted by Crippen LogP contribution is -2.28. The summed E-state index contributed by atoms with van der Waals surface area (Å²) < 4.78 is 5.13. The van der Waals surface area contributed by atoms with Gasteiger partial charge in [-0.25, -0.2) is 0 Å². The Kier molecular flexibility index (Phi) is 4.12. The summed E-state index contributed by atoms with van der Waals surface area (Å²) in [6, 6.07) is 5.27. The summed E-state index contributed by atoms with van der Waals surface area (Å²) >= 11 is 0. The van der Waals surface area contributed by atoms with Gasteiger partial charge < -0.3 is 15.2 Å². The number of carbonyl (C=O) groups excluding carboxylic acids is 1. The molecule has 0 saturated carbocycles. The number of amides is 1. The third kappa shape index (κ3) is 3.20. The lowest BCUT2D eigenvalue weighted by molar-refractivity contribution is -0.123. The van der Waals surface area contributed by atoms with Crippen molar-refractivity contribution < 1.29 is 14.6 Å². The molecule has 0 unspecified atom stereocenters. The van der Waals surface area contributed by atoms with Gasteiger partial charge in [-0.3, -0.25) is 4.79 Å². The molecule has 0 aromatic heterocycles. The van der Waals surface area contributed by atoms with Gasteiger partial charge in [0, 0.05) is 16.7 Å². The van der Waals surface area contributed by atoms with Crippen LogP contribution in [0, 0.1) is 5.41 Å². The summed E-state index contributed by atoms with van der Waals surface area (Å²) in [5.41, 5.74) is 0.704. The molecule has 0 bridgehead atoms. The molecule has 0 atom stereocenters. The SMILES string of the molecule is COc1cccc(NC(=O)C(C)(C)C)c1CO. The van der Waals surface area contributed by atoms with Gasteiger partial charge in [-0.2, -0.15) is 0 Å². The maximum absolute atomic E-state index is 11.9. The van der Waals surface area contributed by atoms with Crippen molar-refractivity contribution >= 4 is 11.6 Å². The fraction of sp³-hybridized carbons (Fsp3) is 0.462. The number of anilines is 1. The highest BCUT2D eigenvalue weighted by molar-refractivity contribution is 5.95. The van der Waals surface area contributed by atoms with E-state index in [0.29, 0.717) is 17.0 Å². The zero-order valence-electron chi connectivity index (χ0n) is 10.7. The predicted molar refractivity (Wildman–Crippen MR) is 67.0 cm³/mol. The number of ether oxygens (including phenoxy) is 1. The summed E-state index contributed by atoms with van der Waals surface area (Å²) in [4.78, 5) is 11.9. The van der Waals surface area contributed by atoms with Crippen LogP contribution in [0.4, 0.5) is 5.69 Å². The van der Waals surface area contributed by atoms with Crippen LogP contribution in [0.15, 0.2) is 18.2 Å². The minimum Gasteiger partial charge on any atom is -0.496 e. The normalized spacial score (nSPS) is 11.1. The first-order valence-electron chi connectivity index (χ1n) is 5.48. The average Bonchev–Trinajstić information content (AvgIpc) is 2.27. The first-order valence-corrected chi connectivity index (χ1v) is 5.48. The molecule has 1 aromatic carbocycles. The van der Waals surface area contributed by atoms with Crippen LogP contribution in [0.3, 0.4) is 0 Å². The van der Waals surface area contributed by atoms with Crippen LogP contribution in [0.25, 0.3) is 0 Å². The third-order valence-corrected chi connectivity index (χ3v) is 2.44. The van der Waals surface area contributed by atoms with Crippen LogP contribution >= 0.6 is 0 Å². The molecule has 0 aliphatic heterocycles. The molecule has 4 nitrogen and oxygen atoms in total. The zero-order valence-corrected chi connectivity index (χ0v) is 10.7. The van der Waals surface area contributed by atoms with Gasteiger partial charge in [-0.1, -0.05) is 26.8 Å². The van der Waals surface area contributed by atoms with Crippen molar-refractivity contribution in [3.8, 4) is 5.75 Å². The van der Waals surface area contributed by atoms with Crippen molar-refractivity contribution in [3.63, 3.8) is 0 Å². The Morgan fingerprint density at radius 1 is 1.41 bits per heavy atom. The highest BCUT2D eigenvalue weighted by Gasteiger charge is 2.22. The Morgan fingerprint density at radius 3 is 2.53 bits per heavy atom. The van der Waals surface area contributed by atoms with Gasteiger partial charge in [0.25, 0.3) is 0 Å². The molecule has 0 fully saturated rings. The van der Waals surface area contributed by atoms with E-state index in [1.807, 2.05) is 20.8 Å². The fourth-order valence-electron chi connectivity index (χ4n) is 1.35. The number of carbonyl (C=O) groups is 1. The molecule has 1 aromatic rings. The molecule has 1 rings (SSSR count). The molecule has 17 heavy (non-hydrogen) atoms. The molecule has 0 radical (unpaired) electrons. The minimum atomic E-state index is -0.476. The van der Waals surface area contributed by atoms with Gasteiger partial charge in [0.1, 0.15) is 5.75 Å². The molecule has 0 aliphatic carbocycles. The Labute approximate surface area is 102 Å². The topological polar surface area (TPSA) is 58.6 Å². The Bertz CT molecular complexity index is 408. The van der Waals surface area contributed by atoms with Gasteiger partial charge in [-0.05, 0) is 12.1 Å². The summed E-state index contributed by atoms with van der Waals surface area (Å²) in [5.74, 6) is 0.472. The van der Waals surface area contributed by atoms with Crippen molar-refractivity contribution in [2.75, 3.05) is 12.4 Å². The highest BCUT2D eigenvalue weighted by atomic mass is 16.5. The number of hydrogen-bond acceptors (Lipinski definition) is 3. The number of aliphatic hydroxyl groups excluding tert-OH is 1. The molecule has 4 heteroatoms. The van der Waals surface area contributed by atoms with E-state index >= 15 is 0 Å². The maximum atomic E-state index is 11.9. The van der Waals surface area contributed by atoms with E-state index in [-0.39, 0.29) is 12.5 Å². The first kappa shape index (κ1) is 13.5. The molecule has 0 aliphatic rings. The average molecular weight is 237 g/mol. The largest absolute Gasteiger partial charge is 0.496 e. The molecule has 0 heterocycles. The number of methoxy groups -OCH3 is 1. The monoisotopic (exact) mass is 237 g/mol. The summed E-state index contributed by atoms with van der Waals surface area (Å²) in [6.07, 6.45) is 0. The van der Waals surface area contributed by atoms with Crippen LogP contribution in [0.5, 0.6) is 5.75 Å². The Hall–Kier alpha value is -1.55. The standard InChI is InChI=1S/C13H19NO3/c1-13(2,3)12(16)14-10-6-5-7-11(17-4)9(10)8-15/h5-7,15H,8H2,1-4H3,(H,14,16). The molecule has 1 amide bonds. The molecule has 0 spiro atoms. The summed E-state index contributed by atoms with van der Waals surface area (Å²) in [7, 11) is 1.53. The summed E-state index contributed by atoms with van der Waals surface area (Å²) in [6.45, 7) is 5.33. The van der Waals surface area contributed by atoms with E-state index in [0.717, 1.165) is 0 Å². The minimum absolute atomic E-state index is 0.0968. The van der Waals surface area contributed by atoms with Gasteiger partial charge in [0.2, 0.25) is 5.91 Å². The summed E-state index contributed by atoms with van der Waals surface area (Å²) in [5, 5.41) is 12.1. The van der Waals surface area contributed by atoms with Crippen molar-refractivity contribution in [3.05, 3.63) is 23.8 Å². The molecular weight excluding hydrogens is 218 g/mol. The van der Waals surface area contributed by atoms with E-state index < -0.39 is 5.41 Å². The number of aliphatic hydroxyl groups is 1. The smallest absolute Gasteiger partial charge is 0.229 e. The molecule has 2 N–H and O–H groups in total. The van der Waals surface area contributed by atoms with Crippen molar-refractivity contribution in [2.24, 2.45) is 5.41 Å². The van der Waals surface area contributed by atoms with Gasteiger partial charge in [0.05, 0.1) is 13.7 Å². The highest BCUT2D eigenvalue weighted by Crippen LogP contribution is 2.27. The number of nitrogens with one attached hydrogen (secondary N) is 1. The zero-order chi connectivity index (χ0) is 13.1. The van der Waals surface area contributed by atoms with Crippen LogP contribution in [-0.4, -0.2) is 18.1 Å². The van der Waals surface area contributed by atoms with Crippen molar-refractivity contribution in [1.82, 2.24) is 0 Å². The van der Waals surface area contributed by atoms with Crippen LogP contribution in [-0.2, 0) is 11.4 Å². The van der Waals surface area contributed by atoms with Crippen LogP contribution in [0.2, 0.25) is 0 Å². The van der Waals surface area contributed by atoms with E-state index in [9.17, 15) is 9.90 Å². The second-order valence-corrected chi connectivity index (χ2v) is 4.85. The first-order chi connectivity index (χ1) is 7.90. The maximum Gasteiger partial charge on any atom is 0.229 e. The van der Waals surface area contributed by atoms with E-state index in [1.165, 1.54) is 7.11 Å². The number of benzene rings is 1. The van der Waals surface area contributed by atoms with Gasteiger partial charge in [-0.15, -0.1) is 0 Å². The van der Waals surface area contributed by atoms with E-state index in [2.05, 4.69) is 5.32 Å². The van der Waals surface area contributed by atoms with E-state index in [4.69, 9.17) is 4.74 Å². The van der Waals surface area contributed by atoms with Crippen molar-refractivity contribution in [1.29, 1.82) is 0 Å². The number of hydrogen-bond donors (Lipinski definition) is 2. The Morgan fingerprint density at radius 2 is 2.06 bits per heavy atom. The predicted octanol–water partition coefficient (Wildman–Crippen LogP) is 2.17. The Balaban J connectivity index is 3.03.